The standard InChI is InChI=1S/C22H21FN4O6/c1-3-33-16(28)11-25-22(31)27-20-15-9-13(8-12-4-6-14(23)7-5-12)10-24-17(15)19(29)18(26-20)21(30)32-2/h4-7,9-10,29H,3,8,11H2,1-2H3,(H2,25,26,27,31). The number of urea groups is 1. The Labute approximate surface area is 187 Å². The summed E-state index contributed by atoms with van der Waals surface area (Å²) in [5.74, 6) is -2.52. The van der Waals surface area contributed by atoms with Gasteiger partial charge in [-0.05, 0) is 42.7 Å². The molecule has 172 valence electrons. The third kappa shape index (κ3) is 5.70. The van der Waals surface area contributed by atoms with E-state index in [0.717, 1.165) is 12.7 Å². The van der Waals surface area contributed by atoms with Crippen molar-refractivity contribution in [2.24, 2.45) is 0 Å². The van der Waals surface area contributed by atoms with Crippen LogP contribution < -0.4 is 10.6 Å². The highest BCUT2D eigenvalue weighted by atomic mass is 19.1. The highest BCUT2D eigenvalue weighted by molar-refractivity contribution is 6.05. The van der Waals surface area contributed by atoms with Gasteiger partial charge in [0.05, 0.1) is 13.7 Å². The van der Waals surface area contributed by atoms with Gasteiger partial charge in [-0.1, -0.05) is 12.1 Å². The number of benzene rings is 1. The summed E-state index contributed by atoms with van der Waals surface area (Å²) in [5, 5.41) is 15.5. The van der Waals surface area contributed by atoms with E-state index in [1.165, 1.54) is 18.3 Å². The second kappa shape index (κ2) is 10.4. The Bertz CT molecular complexity index is 1200. The van der Waals surface area contributed by atoms with Crippen LogP contribution in [0.3, 0.4) is 0 Å². The van der Waals surface area contributed by atoms with Crippen molar-refractivity contribution >= 4 is 34.7 Å². The number of ether oxygens (including phenoxy) is 2. The molecule has 0 saturated carbocycles. The third-order valence-electron chi connectivity index (χ3n) is 4.50. The molecule has 0 radical (unpaired) electrons. The molecule has 3 aromatic rings. The van der Waals surface area contributed by atoms with Crippen LogP contribution in [-0.2, 0) is 20.7 Å². The number of methoxy groups -OCH3 is 1. The molecule has 2 heterocycles. The monoisotopic (exact) mass is 456 g/mol. The van der Waals surface area contributed by atoms with Crippen LogP contribution in [0.2, 0.25) is 0 Å². The summed E-state index contributed by atoms with van der Waals surface area (Å²) in [6.07, 6.45) is 1.87. The molecule has 0 spiro atoms. The van der Waals surface area contributed by atoms with Gasteiger partial charge in [0.15, 0.2) is 11.4 Å². The number of hydrogen-bond acceptors (Lipinski definition) is 8. The topological polar surface area (TPSA) is 140 Å². The minimum atomic E-state index is -0.929. The third-order valence-corrected chi connectivity index (χ3v) is 4.50. The number of aromatic hydroxyl groups is 1. The van der Waals surface area contributed by atoms with Crippen molar-refractivity contribution in [1.82, 2.24) is 15.3 Å². The van der Waals surface area contributed by atoms with Gasteiger partial charge in [0.25, 0.3) is 0 Å². The smallest absolute Gasteiger partial charge is 0.360 e. The second-order valence-corrected chi connectivity index (χ2v) is 6.80. The minimum absolute atomic E-state index is 0.00829. The van der Waals surface area contributed by atoms with Gasteiger partial charge in [0.1, 0.15) is 23.7 Å². The number of anilines is 1. The molecule has 0 aliphatic heterocycles. The Morgan fingerprint density at radius 3 is 2.55 bits per heavy atom. The summed E-state index contributed by atoms with van der Waals surface area (Å²) in [6.45, 7) is 1.42. The first kappa shape index (κ1) is 23.4. The maximum absolute atomic E-state index is 13.2. The van der Waals surface area contributed by atoms with E-state index in [4.69, 9.17) is 4.74 Å². The van der Waals surface area contributed by atoms with Crippen molar-refractivity contribution in [3.8, 4) is 5.75 Å². The van der Waals surface area contributed by atoms with E-state index in [9.17, 15) is 23.9 Å². The molecule has 0 aliphatic rings. The first-order chi connectivity index (χ1) is 15.8. The molecule has 3 N–H and O–H groups in total. The number of hydrogen-bond donors (Lipinski definition) is 3. The van der Waals surface area contributed by atoms with Gasteiger partial charge in [0, 0.05) is 11.6 Å². The molecule has 0 unspecified atom stereocenters. The minimum Gasteiger partial charge on any atom is -0.504 e. The van der Waals surface area contributed by atoms with E-state index in [1.54, 1.807) is 25.1 Å². The van der Waals surface area contributed by atoms with E-state index < -0.39 is 29.4 Å². The number of rotatable bonds is 7. The Kier molecular flexibility index (Phi) is 7.34. The van der Waals surface area contributed by atoms with E-state index in [1.807, 2.05) is 0 Å². The Morgan fingerprint density at radius 2 is 1.88 bits per heavy atom. The summed E-state index contributed by atoms with van der Waals surface area (Å²) < 4.78 is 22.6. The van der Waals surface area contributed by atoms with Crippen molar-refractivity contribution in [3.05, 3.63) is 59.2 Å². The number of fused-ring (bicyclic) bond motifs is 1. The van der Waals surface area contributed by atoms with Crippen LogP contribution in [0.25, 0.3) is 10.9 Å². The number of carbonyl (C=O) groups is 3. The average Bonchev–Trinajstić information content (AvgIpc) is 2.80. The van der Waals surface area contributed by atoms with Crippen molar-refractivity contribution < 1.29 is 33.4 Å². The molecular formula is C22H21FN4O6. The molecule has 2 amide bonds. The molecule has 1 aromatic carbocycles. The fraction of sp³-hybridized carbons (Fsp3) is 0.227. The van der Waals surface area contributed by atoms with Crippen LogP contribution in [0.5, 0.6) is 5.75 Å². The lowest BCUT2D eigenvalue weighted by molar-refractivity contribution is -0.141. The highest BCUT2D eigenvalue weighted by Crippen LogP contribution is 2.32. The van der Waals surface area contributed by atoms with Gasteiger partial charge >= 0.3 is 18.0 Å². The van der Waals surface area contributed by atoms with E-state index in [-0.39, 0.29) is 35.7 Å². The maximum atomic E-state index is 13.2. The molecular weight excluding hydrogens is 435 g/mol. The molecule has 0 atom stereocenters. The Hall–Kier alpha value is -4.28. The van der Waals surface area contributed by atoms with Crippen molar-refractivity contribution in [3.63, 3.8) is 0 Å². The lowest BCUT2D eigenvalue weighted by Gasteiger charge is -2.13. The first-order valence-electron chi connectivity index (χ1n) is 9.87. The zero-order valence-electron chi connectivity index (χ0n) is 17.8. The van der Waals surface area contributed by atoms with E-state index in [2.05, 4.69) is 25.3 Å². The van der Waals surface area contributed by atoms with Gasteiger partial charge < -0.3 is 19.9 Å². The summed E-state index contributed by atoms with van der Waals surface area (Å²) in [5.41, 5.74) is 1.05. The number of halogens is 1. The van der Waals surface area contributed by atoms with Crippen LogP contribution >= 0.6 is 0 Å². The van der Waals surface area contributed by atoms with Crippen molar-refractivity contribution in [2.45, 2.75) is 13.3 Å². The van der Waals surface area contributed by atoms with Crippen molar-refractivity contribution in [1.29, 1.82) is 0 Å². The molecule has 11 heteroatoms. The summed E-state index contributed by atoms with van der Waals surface area (Å²) in [7, 11) is 1.12. The number of esters is 2. The van der Waals surface area contributed by atoms with E-state index in [0.29, 0.717) is 12.0 Å². The number of aromatic nitrogens is 2. The molecule has 0 aliphatic carbocycles. The summed E-state index contributed by atoms with van der Waals surface area (Å²) >= 11 is 0. The molecule has 0 bridgehead atoms. The predicted octanol–water partition coefficient (Wildman–Crippen LogP) is 2.54. The largest absolute Gasteiger partial charge is 0.504 e. The van der Waals surface area contributed by atoms with Crippen molar-refractivity contribution in [2.75, 3.05) is 25.6 Å². The maximum Gasteiger partial charge on any atom is 0.360 e. The second-order valence-electron chi connectivity index (χ2n) is 6.80. The van der Waals surface area contributed by atoms with Crippen LogP contribution in [0.4, 0.5) is 15.0 Å². The first-order valence-corrected chi connectivity index (χ1v) is 9.87. The summed E-state index contributed by atoms with van der Waals surface area (Å²) in [6, 6.07) is 6.75. The number of amides is 2. The normalized spacial score (nSPS) is 10.5. The van der Waals surface area contributed by atoms with Gasteiger partial charge in [-0.25, -0.2) is 19.0 Å². The van der Waals surface area contributed by atoms with Crippen LogP contribution in [-0.4, -0.2) is 53.3 Å². The fourth-order valence-electron chi connectivity index (χ4n) is 3.00. The molecule has 0 fully saturated rings. The highest BCUT2D eigenvalue weighted by Gasteiger charge is 2.22. The number of carbonyl (C=O) groups excluding carboxylic acids is 3. The zero-order chi connectivity index (χ0) is 24.0. The van der Waals surface area contributed by atoms with Gasteiger partial charge in [0.2, 0.25) is 0 Å². The molecule has 3 rings (SSSR count). The van der Waals surface area contributed by atoms with Crippen LogP contribution in [0.1, 0.15) is 28.5 Å². The molecule has 10 nitrogen and oxygen atoms in total. The van der Waals surface area contributed by atoms with Crippen LogP contribution in [0.15, 0.2) is 36.5 Å². The lowest BCUT2D eigenvalue weighted by atomic mass is 10.0. The van der Waals surface area contributed by atoms with E-state index >= 15 is 0 Å². The Morgan fingerprint density at radius 1 is 1.15 bits per heavy atom. The number of nitrogens with zero attached hydrogens (tertiary/aromatic N) is 2. The predicted molar refractivity (Wildman–Crippen MR) is 115 cm³/mol. The van der Waals surface area contributed by atoms with Gasteiger partial charge in [-0.2, -0.15) is 0 Å². The average molecular weight is 456 g/mol. The van der Waals surface area contributed by atoms with Gasteiger partial charge in [-0.3, -0.25) is 15.1 Å². The Balaban J connectivity index is 1.97. The molecule has 2 aromatic heterocycles. The quantitative estimate of drug-likeness (QED) is 0.461. The number of pyridine rings is 2. The molecule has 33 heavy (non-hydrogen) atoms. The van der Waals surface area contributed by atoms with Crippen LogP contribution in [0, 0.1) is 5.82 Å². The van der Waals surface area contributed by atoms with Gasteiger partial charge in [-0.15, -0.1) is 0 Å². The lowest BCUT2D eigenvalue weighted by Crippen LogP contribution is -2.34. The SMILES string of the molecule is CCOC(=O)CNC(=O)Nc1nc(C(=O)OC)c(O)c2ncc(Cc3ccc(F)cc3)cc12. The number of nitrogens with one attached hydrogen (secondary N) is 2. The summed E-state index contributed by atoms with van der Waals surface area (Å²) in [4.78, 5) is 44.1. The molecule has 0 saturated heterocycles. The zero-order valence-corrected chi connectivity index (χ0v) is 17.8. The fourth-order valence-corrected chi connectivity index (χ4v) is 3.00.